The maximum Gasteiger partial charge on any atom is 0.349 e. The normalized spacial score (nSPS) is 14.3. The van der Waals surface area contributed by atoms with Crippen LogP contribution >= 0.6 is 11.3 Å². The summed E-state index contributed by atoms with van der Waals surface area (Å²) in [5, 5.41) is 6.29. The molecule has 0 spiro atoms. The second kappa shape index (κ2) is 6.54. The second-order valence-corrected chi connectivity index (χ2v) is 6.66. The zero-order chi connectivity index (χ0) is 16.4. The van der Waals surface area contributed by atoms with Gasteiger partial charge in [0.2, 0.25) is 0 Å². The molecule has 1 aliphatic rings. The molecule has 0 fully saturated rings. The van der Waals surface area contributed by atoms with E-state index in [9.17, 15) is 9.59 Å². The van der Waals surface area contributed by atoms with Crippen LogP contribution in [0, 0.1) is 6.92 Å². The monoisotopic (exact) mass is 334 g/mol. The summed E-state index contributed by atoms with van der Waals surface area (Å²) in [6.45, 7) is 3.52. The molecule has 0 saturated heterocycles. The number of nitrogens with zero attached hydrogens (tertiary/aromatic N) is 1. The summed E-state index contributed by atoms with van der Waals surface area (Å²) >= 11 is 1.47. The summed E-state index contributed by atoms with van der Waals surface area (Å²) in [7, 11) is 0. The molecule has 2 aromatic rings. The van der Waals surface area contributed by atoms with Crippen LogP contribution in [0.2, 0.25) is 0 Å². The van der Waals surface area contributed by atoms with Gasteiger partial charge in [-0.15, -0.1) is 11.3 Å². The van der Waals surface area contributed by atoms with Crippen molar-refractivity contribution in [2.75, 3.05) is 5.32 Å². The Morgan fingerprint density at radius 1 is 1.43 bits per heavy atom. The maximum absolute atomic E-state index is 12.3. The molecule has 122 valence electrons. The van der Waals surface area contributed by atoms with Crippen LogP contribution in [-0.2, 0) is 22.4 Å². The lowest BCUT2D eigenvalue weighted by atomic mass is 10.2. The van der Waals surface area contributed by atoms with Crippen LogP contribution in [0.25, 0.3) is 0 Å². The van der Waals surface area contributed by atoms with Crippen LogP contribution in [0.15, 0.2) is 16.7 Å². The molecule has 2 aromatic heterocycles. The van der Waals surface area contributed by atoms with Crippen LogP contribution in [-0.4, -0.2) is 23.1 Å². The van der Waals surface area contributed by atoms with Crippen LogP contribution in [0.1, 0.15) is 45.6 Å². The highest BCUT2D eigenvalue weighted by Crippen LogP contribution is 2.31. The fraction of sp³-hybridized carbons (Fsp3) is 0.438. The third-order valence-corrected chi connectivity index (χ3v) is 4.96. The Hall–Kier alpha value is -2.15. The molecule has 0 unspecified atom stereocenters. The molecule has 0 aliphatic heterocycles. The minimum atomic E-state index is -0.851. The fourth-order valence-electron chi connectivity index (χ4n) is 2.57. The number of anilines is 1. The van der Waals surface area contributed by atoms with Gasteiger partial charge in [0.1, 0.15) is 10.6 Å². The topological polar surface area (TPSA) is 81.4 Å². The maximum atomic E-state index is 12.3. The molecular weight excluding hydrogens is 316 g/mol. The molecule has 0 saturated carbocycles. The summed E-state index contributed by atoms with van der Waals surface area (Å²) in [6, 6.07) is 3.50. The first-order chi connectivity index (χ1) is 11.1. The van der Waals surface area contributed by atoms with Gasteiger partial charge >= 0.3 is 5.97 Å². The molecule has 0 bridgehead atoms. The third kappa shape index (κ3) is 3.44. The lowest BCUT2D eigenvalue weighted by molar-refractivity contribution is -0.124. The molecule has 1 N–H and O–H groups in total. The van der Waals surface area contributed by atoms with Crippen LogP contribution < -0.4 is 5.32 Å². The van der Waals surface area contributed by atoms with Gasteiger partial charge < -0.3 is 14.6 Å². The molecule has 1 atom stereocenters. The lowest BCUT2D eigenvalue weighted by Crippen LogP contribution is -2.32. The van der Waals surface area contributed by atoms with Crippen LogP contribution in [0.3, 0.4) is 0 Å². The van der Waals surface area contributed by atoms with E-state index in [0.29, 0.717) is 22.9 Å². The molecule has 0 aromatic carbocycles. The Bertz CT molecular complexity index is 713. The van der Waals surface area contributed by atoms with Crippen LogP contribution in [0.5, 0.6) is 0 Å². The minimum absolute atomic E-state index is 0.317. The number of nitrogens with one attached hydrogen (secondary N) is 1. The quantitative estimate of drug-likeness (QED) is 0.850. The van der Waals surface area contributed by atoms with Crippen molar-refractivity contribution in [2.24, 2.45) is 0 Å². The summed E-state index contributed by atoms with van der Waals surface area (Å²) in [5.74, 6) is 0.0662. The van der Waals surface area contributed by atoms with Gasteiger partial charge in [-0.3, -0.25) is 4.79 Å². The van der Waals surface area contributed by atoms with Crippen molar-refractivity contribution >= 4 is 29.0 Å². The van der Waals surface area contributed by atoms with Crippen LogP contribution in [0.4, 0.5) is 5.82 Å². The number of fused-ring (bicyclic) bond motifs is 1. The zero-order valence-electron chi connectivity index (χ0n) is 13.0. The van der Waals surface area contributed by atoms with Crippen molar-refractivity contribution in [3.05, 3.63) is 33.2 Å². The number of aromatic nitrogens is 1. The highest BCUT2D eigenvalue weighted by Gasteiger charge is 2.25. The van der Waals surface area contributed by atoms with Gasteiger partial charge in [0.05, 0.1) is 0 Å². The fourth-order valence-corrected chi connectivity index (χ4v) is 3.71. The van der Waals surface area contributed by atoms with E-state index in [1.165, 1.54) is 21.8 Å². The highest BCUT2D eigenvalue weighted by atomic mass is 32.1. The van der Waals surface area contributed by atoms with E-state index in [2.05, 4.69) is 10.5 Å². The van der Waals surface area contributed by atoms with Gasteiger partial charge in [-0.2, -0.15) is 0 Å². The SMILES string of the molecule is CC[C@H](OC(=O)c1cc2c(s1)CCC2)C(=O)Nc1cc(C)on1. The number of thiophene rings is 1. The molecule has 23 heavy (non-hydrogen) atoms. The Morgan fingerprint density at radius 3 is 2.91 bits per heavy atom. The van der Waals surface area contributed by atoms with E-state index in [1.807, 2.05) is 6.07 Å². The second-order valence-electron chi connectivity index (χ2n) is 5.53. The molecular formula is C16H18N2O4S. The van der Waals surface area contributed by atoms with Crippen molar-refractivity contribution in [2.45, 2.75) is 45.6 Å². The number of amides is 1. The Balaban J connectivity index is 1.63. The summed E-state index contributed by atoms with van der Waals surface area (Å²) in [6.07, 6.45) is 2.72. The van der Waals surface area contributed by atoms with Gasteiger partial charge in [-0.05, 0) is 44.2 Å². The summed E-state index contributed by atoms with van der Waals surface area (Å²) in [4.78, 5) is 26.3. The number of hydrogen-bond donors (Lipinski definition) is 1. The van der Waals surface area contributed by atoms with E-state index in [1.54, 1.807) is 19.9 Å². The van der Waals surface area contributed by atoms with Crippen molar-refractivity contribution < 1.29 is 18.8 Å². The Morgan fingerprint density at radius 2 is 2.26 bits per heavy atom. The van der Waals surface area contributed by atoms with E-state index in [0.717, 1.165) is 19.3 Å². The smallest absolute Gasteiger partial charge is 0.349 e. The number of hydrogen-bond acceptors (Lipinski definition) is 6. The number of aryl methyl sites for hydroxylation is 3. The minimum Gasteiger partial charge on any atom is -0.448 e. The van der Waals surface area contributed by atoms with Crippen molar-refractivity contribution in [3.63, 3.8) is 0 Å². The van der Waals surface area contributed by atoms with Gasteiger partial charge in [0.25, 0.3) is 5.91 Å². The number of rotatable bonds is 5. The van der Waals surface area contributed by atoms with Gasteiger partial charge in [-0.1, -0.05) is 12.1 Å². The molecule has 7 heteroatoms. The van der Waals surface area contributed by atoms with Gasteiger partial charge in [0.15, 0.2) is 11.9 Å². The molecule has 1 aliphatic carbocycles. The number of carbonyl (C=O) groups excluding carboxylic acids is 2. The molecule has 1 amide bonds. The predicted molar refractivity (Wildman–Crippen MR) is 85.7 cm³/mol. The number of ether oxygens (including phenoxy) is 1. The third-order valence-electron chi connectivity index (χ3n) is 3.74. The molecule has 3 rings (SSSR count). The van der Waals surface area contributed by atoms with E-state index in [4.69, 9.17) is 9.26 Å². The summed E-state index contributed by atoms with van der Waals surface area (Å²) in [5.41, 5.74) is 1.23. The lowest BCUT2D eigenvalue weighted by Gasteiger charge is -2.14. The van der Waals surface area contributed by atoms with Crippen molar-refractivity contribution in [3.8, 4) is 0 Å². The average Bonchev–Trinajstić information content (AvgIpc) is 3.20. The first kappa shape index (κ1) is 15.7. The standard InChI is InChI=1S/C16H18N2O4S/c1-3-11(15(19)17-14-7-9(2)22-18-14)21-16(20)13-8-10-5-4-6-12(10)23-13/h7-8,11H,3-6H2,1-2H3,(H,17,18,19)/t11-/m0/s1. The van der Waals surface area contributed by atoms with E-state index < -0.39 is 18.0 Å². The molecule has 0 radical (unpaired) electrons. The number of carbonyl (C=O) groups is 2. The predicted octanol–water partition coefficient (Wildman–Crippen LogP) is 3.11. The van der Waals surface area contributed by atoms with E-state index >= 15 is 0 Å². The van der Waals surface area contributed by atoms with E-state index in [-0.39, 0.29) is 0 Å². The van der Waals surface area contributed by atoms with Gasteiger partial charge in [-0.25, -0.2) is 4.79 Å². The highest BCUT2D eigenvalue weighted by molar-refractivity contribution is 7.14. The first-order valence-electron chi connectivity index (χ1n) is 7.63. The number of esters is 1. The van der Waals surface area contributed by atoms with Gasteiger partial charge in [0, 0.05) is 10.9 Å². The molecule has 2 heterocycles. The zero-order valence-corrected chi connectivity index (χ0v) is 13.9. The first-order valence-corrected chi connectivity index (χ1v) is 8.45. The molecule has 6 nitrogen and oxygen atoms in total. The summed E-state index contributed by atoms with van der Waals surface area (Å²) < 4.78 is 10.3. The Labute approximate surface area is 137 Å². The largest absolute Gasteiger partial charge is 0.448 e. The average molecular weight is 334 g/mol. The Kier molecular flexibility index (Phi) is 4.47. The van der Waals surface area contributed by atoms with Crippen molar-refractivity contribution in [1.29, 1.82) is 0 Å². The van der Waals surface area contributed by atoms with Crippen molar-refractivity contribution in [1.82, 2.24) is 5.16 Å².